The predicted molar refractivity (Wildman–Crippen MR) is 134 cm³/mol. The number of carbonyl (C=O) groups is 1. The first-order chi connectivity index (χ1) is 18.8. The van der Waals surface area contributed by atoms with Crippen molar-refractivity contribution in [1.29, 1.82) is 0 Å². The molecule has 1 fully saturated rings. The molecule has 0 radical (unpaired) electrons. The van der Waals surface area contributed by atoms with Gasteiger partial charge < -0.3 is 14.5 Å². The molecular formula is C26H29F7N2O5S. The minimum atomic E-state index is -5.03. The van der Waals surface area contributed by atoms with E-state index in [0.29, 0.717) is 29.7 Å². The Balaban J connectivity index is 1.84. The molecule has 7 nitrogen and oxygen atoms in total. The number of carbonyl (C=O) groups excluding carboxylic acids is 1. The molecule has 2 aromatic carbocycles. The topological polar surface area (TPSA) is 76.1 Å². The fourth-order valence-corrected chi connectivity index (χ4v) is 5.06. The third-order valence-corrected chi connectivity index (χ3v) is 7.11. The van der Waals surface area contributed by atoms with Crippen LogP contribution in [0.3, 0.4) is 0 Å². The van der Waals surface area contributed by atoms with Crippen LogP contribution in [0.4, 0.5) is 35.5 Å². The smallest absolute Gasteiger partial charge is 0.376 e. The van der Waals surface area contributed by atoms with Crippen molar-refractivity contribution in [3.05, 3.63) is 70.0 Å². The summed E-state index contributed by atoms with van der Waals surface area (Å²) in [6.45, 7) is 0.908. The number of likely N-dealkylation sites (tertiary alicyclic amines) is 1. The molecule has 1 heterocycles. The lowest BCUT2D eigenvalue weighted by Gasteiger charge is -2.41. The zero-order chi connectivity index (χ0) is 30.8. The third kappa shape index (κ3) is 9.04. The van der Waals surface area contributed by atoms with Crippen LogP contribution in [0.25, 0.3) is 0 Å². The Hall–Kier alpha value is -2.91. The Bertz CT molecular complexity index is 1320. The van der Waals surface area contributed by atoms with Gasteiger partial charge in [-0.3, -0.25) is 4.18 Å². The number of alkyl halides is 6. The molecule has 2 unspecified atom stereocenters. The number of aryl methyl sites for hydroxylation is 1. The highest BCUT2D eigenvalue weighted by atomic mass is 32.2. The number of halogens is 7. The molecule has 0 N–H and O–H groups in total. The van der Waals surface area contributed by atoms with Gasteiger partial charge >= 0.3 is 18.4 Å². The highest BCUT2D eigenvalue weighted by molar-refractivity contribution is 7.85. The second-order valence-electron chi connectivity index (χ2n) is 9.81. The van der Waals surface area contributed by atoms with E-state index in [-0.39, 0.29) is 37.8 Å². The number of ether oxygens (including phenoxy) is 1. The van der Waals surface area contributed by atoms with Gasteiger partial charge in [0.1, 0.15) is 5.82 Å². The highest BCUT2D eigenvalue weighted by Gasteiger charge is 2.38. The molecule has 3 rings (SSSR count). The lowest BCUT2D eigenvalue weighted by molar-refractivity contribution is -0.143. The van der Waals surface area contributed by atoms with E-state index in [2.05, 4.69) is 4.18 Å². The number of amides is 2. The molecule has 15 heteroatoms. The van der Waals surface area contributed by atoms with Crippen LogP contribution in [0.5, 0.6) is 0 Å². The Morgan fingerprint density at radius 2 is 1.63 bits per heavy atom. The average molecular weight is 615 g/mol. The molecule has 1 saturated heterocycles. The minimum absolute atomic E-state index is 0.0183. The van der Waals surface area contributed by atoms with Crippen LogP contribution in [-0.2, 0) is 37.9 Å². The van der Waals surface area contributed by atoms with E-state index in [0.717, 1.165) is 11.2 Å². The largest absolute Gasteiger partial charge is 0.416 e. The number of rotatable bonds is 8. The Morgan fingerprint density at radius 1 is 1.02 bits per heavy atom. The summed E-state index contributed by atoms with van der Waals surface area (Å²) in [7, 11) is -2.41. The van der Waals surface area contributed by atoms with Crippen LogP contribution in [0.15, 0.2) is 36.4 Å². The minimum Gasteiger partial charge on any atom is -0.376 e. The SMILES string of the molecule is Cc1cc(F)ccc1C1CC(OCCOS(C)(=O)=O)CCN1C(=O)N(C)Cc1cc(C(F)(F)F)cc(C(F)(F)F)c1. The molecule has 0 bridgehead atoms. The molecule has 0 aromatic heterocycles. The van der Waals surface area contributed by atoms with E-state index in [1.165, 1.54) is 30.1 Å². The van der Waals surface area contributed by atoms with Crippen LogP contribution < -0.4 is 0 Å². The van der Waals surface area contributed by atoms with Gasteiger partial charge in [-0.2, -0.15) is 34.8 Å². The fraction of sp³-hybridized carbons (Fsp3) is 0.500. The first-order valence-electron chi connectivity index (χ1n) is 12.4. The van der Waals surface area contributed by atoms with Crippen molar-refractivity contribution in [3.8, 4) is 0 Å². The second kappa shape index (κ2) is 12.5. The normalized spacial score (nSPS) is 18.4. The average Bonchev–Trinajstić information content (AvgIpc) is 2.84. The van der Waals surface area contributed by atoms with Crippen molar-refractivity contribution in [3.63, 3.8) is 0 Å². The molecule has 2 amide bonds. The van der Waals surface area contributed by atoms with Crippen LogP contribution in [-0.4, -0.2) is 63.4 Å². The third-order valence-electron chi connectivity index (χ3n) is 6.52. The van der Waals surface area contributed by atoms with Crippen molar-refractivity contribution in [2.24, 2.45) is 0 Å². The molecule has 41 heavy (non-hydrogen) atoms. The zero-order valence-corrected chi connectivity index (χ0v) is 23.2. The summed E-state index contributed by atoms with van der Waals surface area (Å²) < 4.78 is 126. The van der Waals surface area contributed by atoms with Gasteiger partial charge in [-0.1, -0.05) is 6.07 Å². The lowest BCUT2D eigenvalue weighted by atomic mass is 9.90. The van der Waals surface area contributed by atoms with Crippen LogP contribution in [0, 0.1) is 12.7 Å². The Morgan fingerprint density at radius 3 is 2.17 bits per heavy atom. The van der Waals surface area contributed by atoms with E-state index in [4.69, 9.17) is 4.74 Å². The van der Waals surface area contributed by atoms with Gasteiger partial charge in [-0.25, -0.2) is 9.18 Å². The van der Waals surface area contributed by atoms with Crippen molar-refractivity contribution in [2.45, 2.75) is 50.8 Å². The molecule has 228 valence electrons. The summed E-state index contributed by atoms with van der Waals surface area (Å²) in [5, 5.41) is 0. The summed E-state index contributed by atoms with van der Waals surface area (Å²) in [6.07, 6.45) is -9.09. The number of piperidine rings is 1. The number of hydrogen-bond donors (Lipinski definition) is 0. The summed E-state index contributed by atoms with van der Waals surface area (Å²) in [5.41, 5.74) is -2.24. The summed E-state index contributed by atoms with van der Waals surface area (Å²) in [5.74, 6) is -0.507. The lowest BCUT2D eigenvalue weighted by Crippen LogP contribution is -2.48. The molecule has 0 aliphatic carbocycles. The number of benzene rings is 2. The standard InChI is InChI=1S/C26H29F7N2O5S/c1-16-10-20(27)4-5-22(16)23-14-21(39-8-9-40-41(3,37)38)6-7-35(23)24(36)34(2)15-17-11-18(25(28,29)30)13-19(12-17)26(31,32)33/h4-5,10-13,21,23H,6-9,14-15H2,1-3H3. The number of urea groups is 1. The van der Waals surface area contributed by atoms with Gasteiger partial charge in [-0.15, -0.1) is 0 Å². The molecular weight excluding hydrogens is 585 g/mol. The highest BCUT2D eigenvalue weighted by Crippen LogP contribution is 2.38. The number of nitrogens with zero attached hydrogens (tertiary/aromatic N) is 2. The summed E-state index contributed by atoms with van der Waals surface area (Å²) in [4.78, 5) is 15.9. The Kier molecular flexibility index (Phi) is 9.96. The van der Waals surface area contributed by atoms with Crippen molar-refractivity contribution < 1.29 is 52.9 Å². The molecule has 1 aliphatic rings. The van der Waals surface area contributed by atoms with Gasteiger partial charge in [-0.05, 0) is 66.8 Å². The quantitative estimate of drug-likeness (QED) is 0.210. The van der Waals surface area contributed by atoms with Crippen LogP contribution in [0.2, 0.25) is 0 Å². The molecule has 2 aromatic rings. The van der Waals surface area contributed by atoms with Crippen molar-refractivity contribution >= 4 is 16.1 Å². The van der Waals surface area contributed by atoms with Crippen LogP contribution >= 0.6 is 0 Å². The first kappa shape index (κ1) is 32.6. The van der Waals surface area contributed by atoms with Crippen molar-refractivity contribution in [1.82, 2.24) is 9.80 Å². The monoisotopic (exact) mass is 614 g/mol. The number of hydrogen-bond acceptors (Lipinski definition) is 5. The van der Waals surface area contributed by atoms with Gasteiger partial charge in [0, 0.05) is 20.1 Å². The first-order valence-corrected chi connectivity index (χ1v) is 14.2. The molecule has 0 spiro atoms. The van der Waals surface area contributed by atoms with E-state index in [1.54, 1.807) is 6.92 Å². The maximum atomic E-state index is 13.8. The maximum Gasteiger partial charge on any atom is 0.416 e. The Labute approximate surface area is 232 Å². The van der Waals surface area contributed by atoms with E-state index < -0.39 is 64.1 Å². The summed E-state index contributed by atoms with van der Waals surface area (Å²) in [6, 6.07) is 3.79. The van der Waals surface area contributed by atoms with Gasteiger partial charge in [0.2, 0.25) is 0 Å². The van der Waals surface area contributed by atoms with Gasteiger partial charge in [0.15, 0.2) is 0 Å². The maximum absolute atomic E-state index is 13.8. The fourth-order valence-electron chi connectivity index (χ4n) is 4.69. The van der Waals surface area contributed by atoms with Crippen molar-refractivity contribution in [2.75, 3.05) is 33.1 Å². The second-order valence-corrected chi connectivity index (χ2v) is 11.5. The zero-order valence-electron chi connectivity index (χ0n) is 22.4. The molecule has 2 atom stereocenters. The van der Waals surface area contributed by atoms with E-state index >= 15 is 0 Å². The van der Waals surface area contributed by atoms with Crippen LogP contribution in [0.1, 0.15) is 46.7 Å². The summed E-state index contributed by atoms with van der Waals surface area (Å²) >= 11 is 0. The van der Waals surface area contributed by atoms with Gasteiger partial charge in [0.25, 0.3) is 10.1 Å². The van der Waals surface area contributed by atoms with E-state index in [1.807, 2.05) is 0 Å². The van der Waals surface area contributed by atoms with E-state index in [9.17, 15) is 43.9 Å². The molecule has 1 aliphatic heterocycles. The van der Waals surface area contributed by atoms with Gasteiger partial charge in [0.05, 0.1) is 42.7 Å². The predicted octanol–water partition coefficient (Wildman–Crippen LogP) is 5.92. The molecule has 0 saturated carbocycles.